The molecule has 0 saturated heterocycles. The van der Waals surface area contributed by atoms with Gasteiger partial charge in [-0.25, -0.2) is 13.1 Å². The topological polar surface area (TPSA) is 55.4 Å². The van der Waals surface area contributed by atoms with Crippen LogP contribution in [0.4, 0.5) is 0 Å². The lowest BCUT2D eigenvalue weighted by molar-refractivity contribution is 0.322. The van der Waals surface area contributed by atoms with Crippen molar-refractivity contribution in [2.24, 2.45) is 0 Å². The van der Waals surface area contributed by atoms with Crippen molar-refractivity contribution in [1.29, 1.82) is 0 Å². The number of hydrogen-bond acceptors (Lipinski definition) is 3. The Labute approximate surface area is 151 Å². The molecule has 0 spiro atoms. The van der Waals surface area contributed by atoms with E-state index in [2.05, 4.69) is 25.5 Å². The van der Waals surface area contributed by atoms with Gasteiger partial charge >= 0.3 is 0 Å². The Morgan fingerprint density at radius 2 is 1.60 bits per heavy atom. The summed E-state index contributed by atoms with van der Waals surface area (Å²) in [4.78, 5) is 0. The largest absolute Gasteiger partial charge is 0.492 e. The van der Waals surface area contributed by atoms with Gasteiger partial charge in [-0.05, 0) is 35.1 Å². The Kier molecular flexibility index (Phi) is 6.62. The van der Waals surface area contributed by atoms with Crippen molar-refractivity contribution in [2.45, 2.75) is 32.6 Å². The number of ether oxygens (including phenoxy) is 1. The number of benzene rings is 2. The molecule has 2 aromatic carbocycles. The molecule has 0 aliphatic rings. The van der Waals surface area contributed by atoms with E-state index in [9.17, 15) is 8.42 Å². The minimum atomic E-state index is -3.29. The van der Waals surface area contributed by atoms with Gasteiger partial charge in [-0.2, -0.15) is 0 Å². The maximum Gasteiger partial charge on any atom is 0.212 e. The SMILES string of the molecule is CC(C)(C)c1ccc(OCCNS(=O)(=O)CCc2ccccc2)cc1. The average molecular weight is 362 g/mol. The number of nitrogens with one attached hydrogen (secondary N) is 1. The van der Waals surface area contributed by atoms with Gasteiger partial charge in [-0.3, -0.25) is 0 Å². The number of sulfonamides is 1. The molecule has 0 aromatic heterocycles. The molecule has 0 saturated carbocycles. The van der Waals surface area contributed by atoms with Gasteiger partial charge in [0.25, 0.3) is 0 Å². The lowest BCUT2D eigenvalue weighted by atomic mass is 9.87. The monoisotopic (exact) mass is 361 g/mol. The van der Waals surface area contributed by atoms with Gasteiger partial charge < -0.3 is 4.74 Å². The molecule has 4 nitrogen and oxygen atoms in total. The molecule has 25 heavy (non-hydrogen) atoms. The van der Waals surface area contributed by atoms with E-state index in [0.29, 0.717) is 13.0 Å². The van der Waals surface area contributed by atoms with E-state index in [1.807, 2.05) is 54.6 Å². The second-order valence-corrected chi connectivity index (χ2v) is 9.00. The Hall–Kier alpha value is -1.85. The molecule has 0 amide bonds. The van der Waals surface area contributed by atoms with Crippen molar-refractivity contribution < 1.29 is 13.2 Å². The average Bonchev–Trinajstić information content (AvgIpc) is 2.58. The normalized spacial score (nSPS) is 12.1. The zero-order valence-corrected chi connectivity index (χ0v) is 16.0. The first kappa shape index (κ1) is 19.5. The van der Waals surface area contributed by atoms with E-state index >= 15 is 0 Å². The number of aryl methyl sites for hydroxylation is 1. The quantitative estimate of drug-likeness (QED) is 0.732. The van der Waals surface area contributed by atoms with Crippen LogP contribution in [0.25, 0.3) is 0 Å². The highest BCUT2D eigenvalue weighted by molar-refractivity contribution is 7.89. The van der Waals surface area contributed by atoms with E-state index < -0.39 is 10.0 Å². The maximum absolute atomic E-state index is 12.0. The third kappa shape index (κ3) is 6.88. The van der Waals surface area contributed by atoms with E-state index in [0.717, 1.165) is 11.3 Å². The van der Waals surface area contributed by atoms with Gasteiger partial charge in [0.2, 0.25) is 10.0 Å². The molecular formula is C20H27NO3S. The molecule has 0 unspecified atom stereocenters. The fourth-order valence-corrected chi connectivity index (χ4v) is 3.43. The zero-order valence-electron chi connectivity index (χ0n) is 15.2. The lowest BCUT2D eigenvalue weighted by Crippen LogP contribution is -2.31. The third-order valence-corrected chi connectivity index (χ3v) is 5.30. The summed E-state index contributed by atoms with van der Waals surface area (Å²) in [5.74, 6) is 0.827. The zero-order chi connectivity index (χ0) is 18.3. The summed E-state index contributed by atoms with van der Waals surface area (Å²) in [5, 5.41) is 0. The summed E-state index contributed by atoms with van der Waals surface area (Å²) < 4.78 is 32.2. The highest BCUT2D eigenvalue weighted by atomic mass is 32.2. The Bertz CT molecular complexity index is 748. The van der Waals surface area contributed by atoms with Crippen molar-refractivity contribution >= 4 is 10.0 Å². The summed E-state index contributed by atoms with van der Waals surface area (Å²) in [5.41, 5.74) is 2.36. The molecule has 5 heteroatoms. The first-order chi connectivity index (χ1) is 11.8. The summed E-state index contributed by atoms with van der Waals surface area (Å²) in [6.45, 7) is 7.05. The van der Waals surface area contributed by atoms with Crippen molar-refractivity contribution in [3.63, 3.8) is 0 Å². The van der Waals surface area contributed by atoms with Crippen molar-refractivity contribution in [1.82, 2.24) is 4.72 Å². The Balaban J connectivity index is 1.73. The second kappa shape index (κ2) is 8.50. The fraction of sp³-hybridized carbons (Fsp3) is 0.400. The van der Waals surface area contributed by atoms with Crippen LogP contribution in [0.2, 0.25) is 0 Å². The summed E-state index contributed by atoms with van der Waals surface area (Å²) in [6, 6.07) is 17.5. The van der Waals surface area contributed by atoms with Crippen LogP contribution in [0.15, 0.2) is 54.6 Å². The van der Waals surface area contributed by atoms with Gasteiger partial charge in [-0.15, -0.1) is 0 Å². The van der Waals surface area contributed by atoms with Gasteiger partial charge in [0.1, 0.15) is 12.4 Å². The van der Waals surface area contributed by atoms with Gasteiger partial charge in [0.15, 0.2) is 0 Å². The molecule has 2 aromatic rings. The molecular weight excluding hydrogens is 334 g/mol. The minimum absolute atomic E-state index is 0.0806. The molecule has 0 fully saturated rings. The van der Waals surface area contributed by atoms with E-state index in [1.54, 1.807) is 0 Å². The van der Waals surface area contributed by atoms with Crippen LogP contribution < -0.4 is 9.46 Å². The van der Waals surface area contributed by atoms with Crippen LogP contribution in [0.3, 0.4) is 0 Å². The molecule has 1 N–H and O–H groups in total. The van der Waals surface area contributed by atoms with Crippen LogP contribution in [-0.2, 0) is 21.9 Å². The molecule has 136 valence electrons. The molecule has 0 aliphatic carbocycles. The Morgan fingerprint density at radius 1 is 0.960 bits per heavy atom. The van der Waals surface area contributed by atoms with E-state index in [1.165, 1.54) is 5.56 Å². The van der Waals surface area contributed by atoms with Gasteiger partial charge in [0.05, 0.1) is 5.75 Å². The third-order valence-electron chi connectivity index (χ3n) is 3.92. The van der Waals surface area contributed by atoms with E-state index in [-0.39, 0.29) is 17.7 Å². The van der Waals surface area contributed by atoms with Crippen molar-refractivity contribution in [3.05, 3.63) is 65.7 Å². The summed E-state index contributed by atoms with van der Waals surface area (Å²) in [7, 11) is -3.29. The van der Waals surface area contributed by atoms with Crippen LogP contribution in [0.5, 0.6) is 5.75 Å². The standard InChI is InChI=1S/C20H27NO3S/c1-20(2,3)18-9-11-19(12-10-18)24-15-14-21-25(22,23)16-13-17-7-5-4-6-8-17/h4-12,21H,13-16H2,1-3H3. The highest BCUT2D eigenvalue weighted by Gasteiger charge is 2.13. The molecule has 0 atom stereocenters. The number of hydrogen-bond donors (Lipinski definition) is 1. The van der Waals surface area contributed by atoms with Crippen LogP contribution in [0.1, 0.15) is 31.9 Å². The maximum atomic E-state index is 12.0. The fourth-order valence-electron chi connectivity index (χ4n) is 2.39. The highest BCUT2D eigenvalue weighted by Crippen LogP contribution is 2.24. The summed E-state index contributed by atoms with van der Waals surface area (Å²) >= 11 is 0. The number of rotatable bonds is 8. The minimum Gasteiger partial charge on any atom is -0.492 e. The van der Waals surface area contributed by atoms with Crippen LogP contribution >= 0.6 is 0 Å². The van der Waals surface area contributed by atoms with Crippen LogP contribution in [0, 0.1) is 0 Å². The van der Waals surface area contributed by atoms with E-state index in [4.69, 9.17) is 4.74 Å². The Morgan fingerprint density at radius 3 is 2.20 bits per heavy atom. The van der Waals surface area contributed by atoms with Crippen LogP contribution in [-0.4, -0.2) is 27.3 Å². The van der Waals surface area contributed by atoms with Gasteiger partial charge in [-0.1, -0.05) is 63.2 Å². The second-order valence-electron chi connectivity index (χ2n) is 7.07. The lowest BCUT2D eigenvalue weighted by Gasteiger charge is -2.19. The first-order valence-electron chi connectivity index (χ1n) is 8.51. The van der Waals surface area contributed by atoms with Crippen molar-refractivity contribution in [3.8, 4) is 5.75 Å². The molecule has 2 rings (SSSR count). The van der Waals surface area contributed by atoms with Gasteiger partial charge in [0, 0.05) is 6.54 Å². The van der Waals surface area contributed by atoms with Crippen molar-refractivity contribution in [2.75, 3.05) is 18.9 Å². The predicted octanol–water partition coefficient (Wildman–Crippen LogP) is 3.53. The molecule has 0 bridgehead atoms. The smallest absolute Gasteiger partial charge is 0.212 e. The summed E-state index contributed by atoms with van der Waals surface area (Å²) in [6.07, 6.45) is 0.505. The first-order valence-corrected chi connectivity index (χ1v) is 10.2. The molecule has 0 radical (unpaired) electrons. The predicted molar refractivity (Wildman–Crippen MR) is 103 cm³/mol. The molecule has 0 aliphatic heterocycles. The molecule has 0 heterocycles.